The van der Waals surface area contributed by atoms with E-state index in [2.05, 4.69) is 5.32 Å². The van der Waals surface area contributed by atoms with Crippen LogP contribution < -0.4 is 5.32 Å². The molecule has 0 spiro atoms. The van der Waals surface area contributed by atoms with Gasteiger partial charge in [0.2, 0.25) is 5.91 Å². The number of rotatable bonds is 5. The molecular formula is C11H19NO9. The van der Waals surface area contributed by atoms with E-state index in [9.17, 15) is 30.0 Å². The molecule has 1 amide bonds. The van der Waals surface area contributed by atoms with Crippen LogP contribution in [0, 0.1) is 0 Å². The van der Waals surface area contributed by atoms with E-state index in [0.717, 1.165) is 6.92 Å². The average Bonchev–Trinajstić information content (AvgIpc) is 2.39. The maximum atomic E-state index is 11.1. The number of aliphatic hydroxyl groups excluding tert-OH is 4. The van der Waals surface area contributed by atoms with Crippen molar-refractivity contribution in [3.63, 3.8) is 0 Å². The Kier molecular flexibility index (Phi) is 5.61. The number of nitrogens with one attached hydrogen (secondary N) is 1. The van der Waals surface area contributed by atoms with E-state index in [0.29, 0.717) is 0 Å². The summed E-state index contributed by atoms with van der Waals surface area (Å²) in [6.07, 6.45) is -7.48. The van der Waals surface area contributed by atoms with Gasteiger partial charge in [0.15, 0.2) is 0 Å². The van der Waals surface area contributed by atoms with Crippen LogP contribution >= 0.6 is 0 Å². The first-order valence-corrected chi connectivity index (χ1v) is 6.18. The molecule has 122 valence electrons. The average molecular weight is 309 g/mol. The van der Waals surface area contributed by atoms with Crippen LogP contribution in [-0.4, -0.2) is 85.4 Å². The van der Waals surface area contributed by atoms with Crippen LogP contribution in [0.3, 0.4) is 0 Å². The van der Waals surface area contributed by atoms with Crippen LogP contribution in [0.1, 0.15) is 13.3 Å². The second-order valence-electron chi connectivity index (χ2n) is 4.91. The quantitative estimate of drug-likeness (QED) is 0.268. The third-order valence-electron chi connectivity index (χ3n) is 3.21. The van der Waals surface area contributed by atoms with Crippen molar-refractivity contribution in [1.29, 1.82) is 0 Å². The minimum absolute atomic E-state index is 0.598. The number of hydrogen-bond donors (Lipinski definition) is 7. The van der Waals surface area contributed by atoms with Gasteiger partial charge in [-0.25, -0.2) is 4.79 Å². The van der Waals surface area contributed by atoms with Gasteiger partial charge in [-0.15, -0.1) is 0 Å². The van der Waals surface area contributed by atoms with Crippen molar-refractivity contribution in [2.75, 3.05) is 6.61 Å². The smallest absolute Gasteiger partial charge is 0.364 e. The van der Waals surface area contributed by atoms with Gasteiger partial charge in [0.1, 0.15) is 18.3 Å². The lowest BCUT2D eigenvalue weighted by Crippen LogP contribution is -2.67. The van der Waals surface area contributed by atoms with E-state index < -0.39 is 61.1 Å². The number of carboxylic acid groups (broad SMARTS) is 1. The van der Waals surface area contributed by atoms with Gasteiger partial charge in [-0.2, -0.15) is 0 Å². The lowest BCUT2D eigenvalue weighted by Gasteiger charge is -2.44. The summed E-state index contributed by atoms with van der Waals surface area (Å²) in [6, 6.07) is -1.27. The topological polar surface area (TPSA) is 177 Å². The first-order chi connectivity index (χ1) is 9.62. The maximum Gasteiger partial charge on any atom is 0.364 e. The van der Waals surface area contributed by atoms with Gasteiger partial charge in [-0.05, 0) is 0 Å². The van der Waals surface area contributed by atoms with Crippen molar-refractivity contribution in [2.45, 2.75) is 49.6 Å². The number of amides is 1. The zero-order valence-corrected chi connectivity index (χ0v) is 11.2. The van der Waals surface area contributed by atoms with E-state index in [1.807, 2.05) is 0 Å². The Balaban J connectivity index is 3.07. The molecular weight excluding hydrogens is 290 g/mol. The van der Waals surface area contributed by atoms with Crippen LogP contribution in [0.5, 0.6) is 0 Å². The number of carboxylic acids is 1. The fourth-order valence-corrected chi connectivity index (χ4v) is 2.14. The van der Waals surface area contributed by atoms with Crippen molar-refractivity contribution in [2.24, 2.45) is 0 Å². The molecule has 6 atom stereocenters. The molecule has 1 aliphatic rings. The standard InChI is InChI=1S/C11H19NO9/c1-4(14)12-7-5(15)2-11(20,10(18)19)21-9(7)8(17)6(16)3-13/h5-9,13,15-17,20H,2-3H2,1H3,(H,12,14)(H,18,19)/t5-,6-,7+,8-,9+,11+/m1/s1. The minimum atomic E-state index is -2.78. The highest BCUT2D eigenvalue weighted by Crippen LogP contribution is 2.30. The summed E-state index contributed by atoms with van der Waals surface area (Å²) in [6.45, 7) is 0.256. The summed E-state index contributed by atoms with van der Waals surface area (Å²) in [4.78, 5) is 22.1. The number of aliphatic hydroxyl groups is 5. The van der Waals surface area contributed by atoms with Crippen LogP contribution in [0.4, 0.5) is 0 Å². The molecule has 21 heavy (non-hydrogen) atoms. The molecule has 10 heteroatoms. The molecule has 1 fully saturated rings. The van der Waals surface area contributed by atoms with Gasteiger partial charge in [-0.1, -0.05) is 0 Å². The number of carbonyl (C=O) groups excluding carboxylic acids is 1. The van der Waals surface area contributed by atoms with Gasteiger partial charge >= 0.3 is 5.97 Å². The highest BCUT2D eigenvalue weighted by atomic mass is 16.7. The second kappa shape index (κ2) is 6.64. The van der Waals surface area contributed by atoms with Crippen LogP contribution in [-0.2, 0) is 14.3 Å². The molecule has 1 rings (SSSR count). The molecule has 0 saturated carbocycles. The second-order valence-corrected chi connectivity index (χ2v) is 4.91. The SMILES string of the molecule is CC(=O)N[C@@H]1[C@@H]([C@H](O)[C@H](O)CO)O[C@](O)(C(=O)O)C[C@H]1O. The molecule has 0 aliphatic carbocycles. The highest BCUT2D eigenvalue weighted by molar-refractivity contribution is 5.76. The highest BCUT2D eigenvalue weighted by Gasteiger charge is 2.53. The number of hydrogen-bond acceptors (Lipinski definition) is 8. The van der Waals surface area contributed by atoms with Crippen molar-refractivity contribution >= 4 is 11.9 Å². The number of aliphatic carboxylic acids is 1. The largest absolute Gasteiger partial charge is 0.477 e. The summed E-state index contributed by atoms with van der Waals surface area (Å²) >= 11 is 0. The van der Waals surface area contributed by atoms with Crippen molar-refractivity contribution < 1.29 is 45.0 Å². The van der Waals surface area contributed by atoms with Crippen LogP contribution in [0.25, 0.3) is 0 Å². The lowest BCUT2D eigenvalue weighted by atomic mass is 9.88. The predicted octanol–water partition coefficient (Wildman–Crippen LogP) is -3.87. The van der Waals surface area contributed by atoms with E-state index >= 15 is 0 Å². The first-order valence-electron chi connectivity index (χ1n) is 6.18. The third kappa shape index (κ3) is 3.87. The number of carbonyl (C=O) groups is 2. The summed E-state index contributed by atoms with van der Waals surface area (Å²) in [5.74, 6) is -5.17. The van der Waals surface area contributed by atoms with Gasteiger partial charge in [0.05, 0.1) is 18.8 Å². The molecule has 0 bridgehead atoms. The molecule has 0 aromatic carbocycles. The molecule has 0 radical (unpaired) electrons. The Labute approximate surface area is 119 Å². The van der Waals surface area contributed by atoms with Crippen LogP contribution in [0.2, 0.25) is 0 Å². The Morgan fingerprint density at radius 1 is 1.43 bits per heavy atom. The molecule has 1 aliphatic heterocycles. The Morgan fingerprint density at radius 2 is 2.00 bits per heavy atom. The Morgan fingerprint density at radius 3 is 2.43 bits per heavy atom. The summed E-state index contributed by atoms with van der Waals surface area (Å²) in [5, 5.41) is 59.0. The van der Waals surface area contributed by atoms with E-state index in [-0.39, 0.29) is 0 Å². The lowest BCUT2D eigenvalue weighted by molar-refractivity contribution is -0.295. The van der Waals surface area contributed by atoms with Gasteiger partial charge in [-0.3, -0.25) is 4.79 Å². The maximum absolute atomic E-state index is 11.1. The molecule has 0 aromatic rings. The predicted molar refractivity (Wildman–Crippen MR) is 64.8 cm³/mol. The van der Waals surface area contributed by atoms with E-state index in [1.54, 1.807) is 0 Å². The Bertz CT molecular complexity index is 403. The third-order valence-corrected chi connectivity index (χ3v) is 3.21. The molecule has 10 nitrogen and oxygen atoms in total. The zero-order valence-electron chi connectivity index (χ0n) is 11.2. The van der Waals surface area contributed by atoms with E-state index in [1.165, 1.54) is 0 Å². The minimum Gasteiger partial charge on any atom is -0.477 e. The van der Waals surface area contributed by atoms with Gasteiger partial charge < -0.3 is 40.7 Å². The summed E-state index contributed by atoms with van der Waals surface area (Å²) in [5.41, 5.74) is 0. The number of ether oxygens (including phenoxy) is 1. The summed E-state index contributed by atoms with van der Waals surface area (Å²) < 4.78 is 4.86. The monoisotopic (exact) mass is 309 g/mol. The van der Waals surface area contributed by atoms with Crippen molar-refractivity contribution in [3.05, 3.63) is 0 Å². The van der Waals surface area contributed by atoms with Crippen molar-refractivity contribution in [1.82, 2.24) is 5.32 Å². The van der Waals surface area contributed by atoms with Gasteiger partial charge in [0, 0.05) is 13.3 Å². The molecule has 0 unspecified atom stereocenters. The zero-order chi connectivity index (χ0) is 16.4. The molecule has 1 saturated heterocycles. The van der Waals surface area contributed by atoms with Gasteiger partial charge in [0.25, 0.3) is 5.79 Å². The summed E-state index contributed by atoms with van der Waals surface area (Å²) in [7, 11) is 0. The normalized spacial score (nSPS) is 35.8. The fraction of sp³-hybridized carbons (Fsp3) is 0.818. The Hall–Kier alpha value is -1.30. The first kappa shape index (κ1) is 17.8. The molecule has 1 heterocycles. The van der Waals surface area contributed by atoms with E-state index in [4.69, 9.17) is 14.9 Å². The molecule has 7 N–H and O–H groups in total. The molecule has 0 aromatic heterocycles. The van der Waals surface area contributed by atoms with Crippen molar-refractivity contribution in [3.8, 4) is 0 Å². The fourth-order valence-electron chi connectivity index (χ4n) is 2.14. The van der Waals surface area contributed by atoms with Crippen LogP contribution in [0.15, 0.2) is 0 Å².